The molecule has 2 aliphatic rings. The molecule has 1 aliphatic heterocycles. The van der Waals surface area contributed by atoms with Crippen molar-refractivity contribution in [3.8, 4) is 0 Å². The molecule has 0 unspecified atom stereocenters. The normalized spacial score (nSPS) is 18.5. The van der Waals surface area contributed by atoms with Crippen LogP contribution in [0.3, 0.4) is 0 Å². The van der Waals surface area contributed by atoms with Gasteiger partial charge < -0.3 is 10.1 Å². The highest BCUT2D eigenvalue weighted by atomic mass is 19.1. The number of rotatable bonds is 1. The second-order valence-electron chi connectivity index (χ2n) is 6.97. The highest BCUT2D eigenvalue weighted by Crippen LogP contribution is 2.51. The van der Waals surface area contributed by atoms with Crippen LogP contribution in [-0.4, -0.2) is 24.1 Å². The zero-order chi connectivity index (χ0) is 16.1. The minimum Gasteiger partial charge on any atom is -0.444 e. The largest absolute Gasteiger partial charge is 0.444 e. The Morgan fingerprint density at radius 2 is 2.05 bits per heavy atom. The van der Waals surface area contributed by atoms with Crippen molar-refractivity contribution in [3.63, 3.8) is 0 Å². The van der Waals surface area contributed by atoms with E-state index in [9.17, 15) is 14.0 Å². The topological polar surface area (TPSA) is 67.4 Å². The smallest absolute Gasteiger partial charge is 0.412 e. The number of carbonyl (C=O) groups is 2. The zero-order valence-corrected chi connectivity index (χ0v) is 12.9. The summed E-state index contributed by atoms with van der Waals surface area (Å²) in [4.78, 5) is 23.7. The monoisotopic (exact) mass is 306 g/mol. The van der Waals surface area contributed by atoms with Crippen molar-refractivity contribution >= 4 is 17.7 Å². The first-order valence-corrected chi connectivity index (χ1v) is 7.32. The van der Waals surface area contributed by atoms with Gasteiger partial charge in [-0.05, 0) is 51.3 Å². The van der Waals surface area contributed by atoms with Crippen LogP contribution < -0.4 is 10.6 Å². The maximum absolute atomic E-state index is 14.2. The van der Waals surface area contributed by atoms with E-state index in [1.807, 2.05) is 0 Å². The van der Waals surface area contributed by atoms with E-state index in [-0.39, 0.29) is 17.0 Å². The van der Waals surface area contributed by atoms with Gasteiger partial charge in [0.25, 0.3) is 5.91 Å². The molecule has 1 spiro atoms. The molecule has 118 valence electrons. The van der Waals surface area contributed by atoms with Crippen molar-refractivity contribution in [2.24, 2.45) is 0 Å². The molecule has 22 heavy (non-hydrogen) atoms. The second-order valence-corrected chi connectivity index (χ2v) is 6.97. The number of hydrogen-bond donors (Lipinski definition) is 2. The van der Waals surface area contributed by atoms with Gasteiger partial charge in [0.2, 0.25) is 0 Å². The van der Waals surface area contributed by atoms with Crippen LogP contribution in [0, 0.1) is 5.82 Å². The summed E-state index contributed by atoms with van der Waals surface area (Å²) >= 11 is 0. The maximum Gasteiger partial charge on any atom is 0.412 e. The first kappa shape index (κ1) is 14.8. The number of nitrogens with one attached hydrogen (secondary N) is 2. The lowest BCUT2D eigenvalue weighted by molar-refractivity contribution is 0.0635. The predicted molar refractivity (Wildman–Crippen MR) is 79.5 cm³/mol. The van der Waals surface area contributed by atoms with E-state index < -0.39 is 17.5 Å². The Bertz CT molecular complexity index is 660. The molecule has 5 nitrogen and oxygen atoms in total. The fraction of sp³-hybridized carbons (Fsp3) is 0.500. The SMILES string of the molecule is CC(C)(C)OC(=O)Nc1cc2c(cc1F)C(=O)NCC21CC1. The van der Waals surface area contributed by atoms with Gasteiger partial charge in [0.05, 0.1) is 5.69 Å². The molecule has 2 amide bonds. The summed E-state index contributed by atoms with van der Waals surface area (Å²) in [6.07, 6.45) is 1.20. The van der Waals surface area contributed by atoms with Crippen molar-refractivity contribution in [2.45, 2.75) is 44.6 Å². The highest BCUT2D eigenvalue weighted by molar-refractivity contribution is 5.99. The Morgan fingerprint density at radius 1 is 1.36 bits per heavy atom. The molecular formula is C16H19FN2O3. The standard InChI is InChI=1S/C16H19FN2O3/c1-15(2,3)22-14(21)19-12-7-10-9(6-11(12)17)13(20)18-8-16(10)4-5-16/h6-7H,4-5,8H2,1-3H3,(H,18,20)(H,19,21). The number of hydrogen-bond acceptors (Lipinski definition) is 3. The third kappa shape index (κ3) is 2.65. The van der Waals surface area contributed by atoms with Gasteiger partial charge in [0.1, 0.15) is 11.4 Å². The third-order valence-corrected chi connectivity index (χ3v) is 4.00. The van der Waals surface area contributed by atoms with E-state index in [2.05, 4.69) is 10.6 Å². The summed E-state index contributed by atoms with van der Waals surface area (Å²) in [5, 5.41) is 5.22. The third-order valence-electron chi connectivity index (χ3n) is 4.00. The maximum atomic E-state index is 14.2. The molecule has 1 fully saturated rings. The van der Waals surface area contributed by atoms with Gasteiger partial charge in [-0.1, -0.05) is 0 Å². The molecule has 1 aromatic carbocycles. The lowest BCUT2D eigenvalue weighted by Gasteiger charge is -2.26. The van der Waals surface area contributed by atoms with E-state index in [0.29, 0.717) is 12.1 Å². The summed E-state index contributed by atoms with van der Waals surface area (Å²) < 4.78 is 19.3. The second kappa shape index (κ2) is 4.69. The Hall–Kier alpha value is -2.11. The summed E-state index contributed by atoms with van der Waals surface area (Å²) in [7, 11) is 0. The van der Waals surface area contributed by atoms with Gasteiger partial charge in [0.15, 0.2) is 0 Å². The van der Waals surface area contributed by atoms with Crippen molar-refractivity contribution in [3.05, 3.63) is 29.1 Å². The molecule has 2 N–H and O–H groups in total. The molecule has 0 saturated heterocycles. The van der Waals surface area contributed by atoms with Crippen LogP contribution in [0.1, 0.15) is 49.5 Å². The summed E-state index contributed by atoms with van der Waals surface area (Å²) in [6, 6.07) is 2.76. The minimum atomic E-state index is -0.712. The Kier molecular flexibility index (Phi) is 3.16. The summed E-state index contributed by atoms with van der Waals surface area (Å²) in [5.74, 6) is -0.910. The molecule has 1 aliphatic carbocycles. The van der Waals surface area contributed by atoms with Crippen molar-refractivity contribution < 1.29 is 18.7 Å². The van der Waals surface area contributed by atoms with E-state index in [4.69, 9.17) is 4.74 Å². The molecule has 6 heteroatoms. The summed E-state index contributed by atoms with van der Waals surface area (Å²) in [5.41, 5.74) is 0.460. The number of benzene rings is 1. The first-order valence-electron chi connectivity index (χ1n) is 7.32. The van der Waals surface area contributed by atoms with E-state index in [1.165, 1.54) is 6.07 Å². The number of anilines is 1. The fourth-order valence-electron chi connectivity index (χ4n) is 2.75. The molecule has 0 radical (unpaired) electrons. The first-order chi connectivity index (χ1) is 10.2. The molecule has 0 atom stereocenters. The van der Waals surface area contributed by atoms with Crippen LogP contribution in [0.4, 0.5) is 14.9 Å². The Morgan fingerprint density at radius 3 is 2.64 bits per heavy atom. The molecule has 1 aromatic rings. The van der Waals surface area contributed by atoms with Crippen molar-refractivity contribution in [1.82, 2.24) is 5.32 Å². The molecule has 3 rings (SSSR count). The van der Waals surface area contributed by atoms with Crippen LogP contribution >= 0.6 is 0 Å². The Balaban J connectivity index is 1.91. The van der Waals surface area contributed by atoms with Gasteiger partial charge in [-0.2, -0.15) is 0 Å². The number of halogens is 1. The van der Waals surface area contributed by atoms with Crippen LogP contribution in [0.2, 0.25) is 0 Å². The molecular weight excluding hydrogens is 287 g/mol. The molecule has 0 aromatic heterocycles. The van der Waals surface area contributed by atoms with Crippen molar-refractivity contribution in [1.29, 1.82) is 0 Å². The van der Waals surface area contributed by atoms with Crippen LogP contribution in [0.15, 0.2) is 12.1 Å². The number of ether oxygens (including phenoxy) is 1. The highest BCUT2D eigenvalue weighted by Gasteiger charge is 2.49. The van der Waals surface area contributed by atoms with Gasteiger partial charge >= 0.3 is 6.09 Å². The van der Waals surface area contributed by atoms with E-state index >= 15 is 0 Å². The van der Waals surface area contributed by atoms with Gasteiger partial charge in [-0.3, -0.25) is 10.1 Å². The Labute approximate surface area is 128 Å². The number of amides is 2. The molecule has 1 heterocycles. The number of fused-ring (bicyclic) bond motifs is 2. The zero-order valence-electron chi connectivity index (χ0n) is 12.9. The van der Waals surface area contributed by atoms with E-state index in [1.54, 1.807) is 26.8 Å². The average Bonchev–Trinajstić information content (AvgIpc) is 3.15. The van der Waals surface area contributed by atoms with E-state index in [0.717, 1.165) is 18.4 Å². The fourth-order valence-corrected chi connectivity index (χ4v) is 2.75. The summed E-state index contributed by atoms with van der Waals surface area (Å²) in [6.45, 7) is 5.77. The lowest BCUT2D eigenvalue weighted by Crippen LogP contribution is -2.39. The van der Waals surface area contributed by atoms with Crippen LogP contribution in [0.25, 0.3) is 0 Å². The van der Waals surface area contributed by atoms with Crippen LogP contribution in [-0.2, 0) is 10.2 Å². The quantitative estimate of drug-likeness (QED) is 0.838. The lowest BCUT2D eigenvalue weighted by atomic mass is 9.87. The minimum absolute atomic E-state index is 0.0500. The van der Waals surface area contributed by atoms with Gasteiger partial charge in [-0.25, -0.2) is 9.18 Å². The number of carbonyl (C=O) groups excluding carboxylic acids is 2. The van der Waals surface area contributed by atoms with Crippen molar-refractivity contribution in [2.75, 3.05) is 11.9 Å². The van der Waals surface area contributed by atoms with Gasteiger partial charge in [0, 0.05) is 17.5 Å². The predicted octanol–water partition coefficient (Wildman–Crippen LogP) is 2.95. The van der Waals surface area contributed by atoms with Gasteiger partial charge in [-0.15, -0.1) is 0 Å². The molecule has 1 saturated carbocycles. The molecule has 0 bridgehead atoms. The average molecular weight is 306 g/mol. The van der Waals surface area contributed by atoms with Crippen LogP contribution in [0.5, 0.6) is 0 Å².